The van der Waals surface area contributed by atoms with Crippen LogP contribution in [0.2, 0.25) is 0 Å². The van der Waals surface area contributed by atoms with Crippen molar-refractivity contribution < 1.29 is 29.6 Å². The third-order valence-corrected chi connectivity index (χ3v) is 10.5. The summed E-state index contributed by atoms with van der Waals surface area (Å²) in [4.78, 5) is 11.7. The van der Waals surface area contributed by atoms with E-state index in [9.17, 15) is 20.1 Å². The largest absolute Gasteiger partial charge is 0.429 e. The van der Waals surface area contributed by atoms with Crippen molar-refractivity contribution in [2.24, 2.45) is 39.9 Å². The summed E-state index contributed by atoms with van der Waals surface area (Å²) in [6.07, 6.45) is 7.08. The van der Waals surface area contributed by atoms with E-state index in [1.54, 1.807) is 0 Å². The molecule has 0 radical (unpaired) electrons. The number of carbonyl (C=O) groups is 1. The maximum Gasteiger partial charge on any atom is 0.333 e. The lowest BCUT2D eigenvalue weighted by Crippen LogP contribution is -2.62. The van der Waals surface area contributed by atoms with Crippen molar-refractivity contribution in [2.75, 3.05) is 6.61 Å². The number of carbonyl (C=O) groups excluding carboxylic acids is 1. The van der Waals surface area contributed by atoms with Crippen LogP contribution in [-0.2, 0) is 14.3 Å². The molecule has 2 aliphatic heterocycles. The molecule has 31 heavy (non-hydrogen) atoms. The van der Waals surface area contributed by atoms with Gasteiger partial charge in [0.1, 0.15) is 0 Å². The number of fused-ring (bicyclic) bond motifs is 5. The first-order valence-corrected chi connectivity index (χ1v) is 12.2. The van der Waals surface area contributed by atoms with Crippen molar-refractivity contribution >= 4 is 5.97 Å². The van der Waals surface area contributed by atoms with Crippen LogP contribution in [0.3, 0.4) is 0 Å². The van der Waals surface area contributed by atoms with E-state index in [0.29, 0.717) is 23.8 Å². The van der Waals surface area contributed by atoms with Gasteiger partial charge >= 0.3 is 5.97 Å². The Kier molecular flexibility index (Phi) is 5.13. The van der Waals surface area contributed by atoms with Crippen molar-refractivity contribution in [3.63, 3.8) is 0 Å². The third-order valence-electron chi connectivity index (χ3n) is 10.5. The minimum atomic E-state index is -1.27. The highest BCUT2D eigenvalue weighted by Crippen LogP contribution is 2.70. The third kappa shape index (κ3) is 3.08. The molecule has 5 rings (SSSR count). The van der Waals surface area contributed by atoms with Gasteiger partial charge in [0.2, 0.25) is 6.29 Å². The molecule has 0 aromatic carbocycles. The predicted molar refractivity (Wildman–Crippen MR) is 113 cm³/mol. The minimum absolute atomic E-state index is 0.000622. The average Bonchev–Trinajstić information content (AvgIpc) is 3.06. The summed E-state index contributed by atoms with van der Waals surface area (Å²) in [5, 5.41) is 31.4. The van der Waals surface area contributed by atoms with Crippen LogP contribution in [-0.4, -0.2) is 46.6 Å². The van der Waals surface area contributed by atoms with Crippen LogP contribution in [0, 0.1) is 39.9 Å². The molecule has 0 aromatic heterocycles. The predicted octanol–water partition coefficient (Wildman–Crippen LogP) is 3.14. The normalized spacial score (nSPS) is 54.3. The molecule has 10 atom stereocenters. The quantitative estimate of drug-likeness (QED) is 0.578. The SMILES string of the molecule is C[C@]1(CO)CCC[C@]2(C)[C@H]3CC[C@@H]4C(O)O[C@@H](C5=CC(=O)OC5O)C[C@H]4[C@]3(C)CC[C@H]12. The zero-order valence-corrected chi connectivity index (χ0v) is 19.0. The van der Waals surface area contributed by atoms with Gasteiger partial charge in [0.05, 0.1) is 6.10 Å². The van der Waals surface area contributed by atoms with E-state index in [0.717, 1.165) is 38.5 Å². The fourth-order valence-electron chi connectivity index (χ4n) is 9.06. The number of cyclic esters (lactones) is 1. The molecule has 2 unspecified atom stereocenters. The lowest BCUT2D eigenvalue weighted by molar-refractivity contribution is -0.264. The Morgan fingerprint density at radius 3 is 2.48 bits per heavy atom. The van der Waals surface area contributed by atoms with Crippen molar-refractivity contribution in [2.45, 2.75) is 90.8 Å². The van der Waals surface area contributed by atoms with Crippen LogP contribution in [0.4, 0.5) is 0 Å². The first-order valence-electron chi connectivity index (χ1n) is 12.2. The van der Waals surface area contributed by atoms with Crippen LogP contribution in [0.15, 0.2) is 11.6 Å². The van der Waals surface area contributed by atoms with Gasteiger partial charge in [-0.2, -0.15) is 0 Å². The maximum absolute atomic E-state index is 11.7. The number of hydrogen-bond donors (Lipinski definition) is 3. The molecule has 6 heteroatoms. The van der Waals surface area contributed by atoms with Gasteiger partial charge in [0, 0.05) is 24.2 Å². The molecule has 0 spiro atoms. The summed E-state index contributed by atoms with van der Waals surface area (Å²) in [5.74, 6) is 0.871. The van der Waals surface area contributed by atoms with Gasteiger partial charge in [-0.3, -0.25) is 0 Å². The smallest absolute Gasteiger partial charge is 0.333 e. The van der Waals surface area contributed by atoms with Crippen molar-refractivity contribution in [3.05, 3.63) is 11.6 Å². The van der Waals surface area contributed by atoms with Crippen molar-refractivity contribution in [3.8, 4) is 0 Å². The Morgan fingerprint density at radius 2 is 1.81 bits per heavy atom. The Morgan fingerprint density at radius 1 is 1.03 bits per heavy atom. The molecular weight excluding hydrogens is 396 g/mol. The number of ether oxygens (including phenoxy) is 2. The van der Waals surface area contributed by atoms with Gasteiger partial charge in [-0.05, 0) is 78.9 Å². The Hall–Kier alpha value is -0.950. The van der Waals surface area contributed by atoms with Crippen molar-refractivity contribution in [1.82, 2.24) is 0 Å². The first-order chi connectivity index (χ1) is 14.6. The topological polar surface area (TPSA) is 96.2 Å². The summed E-state index contributed by atoms with van der Waals surface area (Å²) < 4.78 is 10.8. The molecule has 3 aliphatic carbocycles. The van der Waals surface area contributed by atoms with Crippen LogP contribution in [0.25, 0.3) is 0 Å². The summed E-state index contributed by atoms with van der Waals surface area (Å²) in [5.41, 5.74) is 0.704. The highest BCUT2D eigenvalue weighted by Gasteiger charge is 2.64. The number of rotatable bonds is 2. The molecule has 0 amide bonds. The van der Waals surface area contributed by atoms with Gasteiger partial charge in [-0.1, -0.05) is 27.2 Å². The number of aliphatic hydroxyl groups excluding tert-OH is 3. The van der Waals surface area contributed by atoms with E-state index in [2.05, 4.69) is 20.8 Å². The molecule has 4 fully saturated rings. The lowest BCUT2D eigenvalue weighted by Gasteiger charge is -2.68. The van der Waals surface area contributed by atoms with Gasteiger partial charge in [-0.15, -0.1) is 0 Å². The van der Waals surface area contributed by atoms with Gasteiger partial charge in [-0.25, -0.2) is 4.79 Å². The fraction of sp³-hybridized carbons (Fsp3) is 0.880. The number of aliphatic hydroxyl groups is 3. The zero-order chi connectivity index (χ0) is 22.2. The Bertz CT molecular complexity index is 780. The second-order valence-corrected chi connectivity index (χ2v) is 11.9. The molecule has 174 valence electrons. The molecule has 0 bridgehead atoms. The zero-order valence-electron chi connectivity index (χ0n) is 19.0. The van der Waals surface area contributed by atoms with E-state index < -0.39 is 24.7 Å². The molecule has 3 N–H and O–H groups in total. The second-order valence-electron chi connectivity index (χ2n) is 11.9. The van der Waals surface area contributed by atoms with E-state index in [1.807, 2.05) is 0 Å². The second kappa shape index (κ2) is 7.28. The Labute approximate surface area is 185 Å². The minimum Gasteiger partial charge on any atom is -0.429 e. The summed E-state index contributed by atoms with van der Waals surface area (Å²) in [7, 11) is 0. The average molecular weight is 435 g/mol. The first kappa shape index (κ1) is 21.9. The fourth-order valence-corrected chi connectivity index (χ4v) is 9.06. The molecule has 0 aromatic rings. The molecule has 1 saturated heterocycles. The van der Waals surface area contributed by atoms with Crippen LogP contribution in [0.5, 0.6) is 0 Å². The van der Waals surface area contributed by atoms with Crippen LogP contribution < -0.4 is 0 Å². The highest BCUT2D eigenvalue weighted by atomic mass is 16.6. The van der Waals surface area contributed by atoms with E-state index in [4.69, 9.17) is 9.47 Å². The van der Waals surface area contributed by atoms with Gasteiger partial charge in [0.25, 0.3) is 0 Å². The molecule has 3 saturated carbocycles. The number of hydrogen-bond acceptors (Lipinski definition) is 6. The Balaban J connectivity index is 1.47. The molecule has 6 nitrogen and oxygen atoms in total. The molecule has 5 aliphatic rings. The summed E-state index contributed by atoms with van der Waals surface area (Å²) in [6, 6.07) is 0. The summed E-state index contributed by atoms with van der Waals surface area (Å²) >= 11 is 0. The van der Waals surface area contributed by atoms with Crippen LogP contribution >= 0.6 is 0 Å². The number of esters is 1. The molecular formula is C25H38O6. The summed E-state index contributed by atoms with van der Waals surface area (Å²) in [6.45, 7) is 7.42. The standard InChI is InChI=1S/C25H38O6/c1-23(13-26)8-4-9-25(3)18(23)7-10-24(2)16-12-17(15-11-20(27)31-22(15)29)30-21(28)14(16)5-6-19(24)25/h11,14,16-19,21-22,26,28-29H,4-10,12-13H2,1-3H3/t14-,16+,17+,18+,19-,21?,22?,23+,24-,25-/m0/s1. The van der Waals surface area contributed by atoms with E-state index in [1.165, 1.54) is 12.5 Å². The van der Waals surface area contributed by atoms with Crippen LogP contribution in [0.1, 0.15) is 72.1 Å². The van der Waals surface area contributed by atoms with Gasteiger partial charge in [0.15, 0.2) is 6.29 Å². The maximum atomic E-state index is 11.7. The van der Waals surface area contributed by atoms with E-state index >= 15 is 0 Å². The monoisotopic (exact) mass is 434 g/mol. The highest BCUT2D eigenvalue weighted by molar-refractivity contribution is 5.85. The molecule has 2 heterocycles. The van der Waals surface area contributed by atoms with Gasteiger partial charge < -0.3 is 24.8 Å². The lowest BCUT2D eigenvalue weighted by atomic mass is 9.38. The van der Waals surface area contributed by atoms with Crippen molar-refractivity contribution in [1.29, 1.82) is 0 Å². The van der Waals surface area contributed by atoms with E-state index in [-0.39, 0.29) is 34.7 Å².